The van der Waals surface area contributed by atoms with Gasteiger partial charge in [0.2, 0.25) is 6.41 Å². The van der Waals surface area contributed by atoms with Crippen LogP contribution >= 0.6 is 0 Å². The van der Waals surface area contributed by atoms with Crippen molar-refractivity contribution in [3.05, 3.63) is 0 Å². The summed E-state index contributed by atoms with van der Waals surface area (Å²) in [5.74, 6) is 0. The van der Waals surface area contributed by atoms with Crippen LogP contribution in [0, 0.1) is 0 Å². The van der Waals surface area contributed by atoms with E-state index in [9.17, 15) is 4.79 Å². The lowest BCUT2D eigenvalue weighted by Crippen LogP contribution is -2.39. The number of hydrogen-bond donors (Lipinski definition) is 1. The van der Waals surface area contributed by atoms with Crippen LogP contribution in [-0.2, 0) is 9.53 Å². The molecule has 0 aromatic rings. The highest BCUT2D eigenvalue weighted by molar-refractivity contribution is 5.46. The maximum absolute atomic E-state index is 9.62. The van der Waals surface area contributed by atoms with Crippen LogP contribution in [0.1, 0.15) is 6.42 Å². The summed E-state index contributed by atoms with van der Waals surface area (Å²) in [6, 6.07) is 0. The Morgan fingerprint density at radius 1 is 1.86 bits per heavy atom. The van der Waals surface area contributed by atoms with Crippen molar-refractivity contribution in [1.82, 2.24) is 5.32 Å². The summed E-state index contributed by atoms with van der Waals surface area (Å²) in [5.41, 5.74) is 0. The van der Waals surface area contributed by atoms with Gasteiger partial charge in [-0.3, -0.25) is 4.79 Å². The normalized spacial score (nSPS) is 28.3. The van der Waals surface area contributed by atoms with Gasteiger partial charge in [-0.1, -0.05) is 0 Å². The fraction of sp³-hybridized carbons (Fsp3) is 0.750. The number of amides is 1. The molecule has 1 saturated heterocycles. The van der Waals surface area contributed by atoms with E-state index >= 15 is 0 Å². The number of carbonyl (C=O) groups is 1. The molecular formula is C4H7NO2. The molecule has 1 aliphatic rings. The predicted molar refractivity (Wildman–Crippen MR) is 23.6 cm³/mol. The van der Waals surface area contributed by atoms with Crippen LogP contribution in [0.5, 0.6) is 0 Å². The van der Waals surface area contributed by atoms with Crippen LogP contribution in [0.3, 0.4) is 0 Å². The molecule has 1 atom stereocenters. The van der Waals surface area contributed by atoms with Gasteiger partial charge < -0.3 is 10.1 Å². The Balaban J connectivity index is 2.03. The Kier molecular flexibility index (Phi) is 1.26. The summed E-state index contributed by atoms with van der Waals surface area (Å²) in [6.07, 6.45) is 1.63. The van der Waals surface area contributed by atoms with Crippen LogP contribution in [-0.4, -0.2) is 19.2 Å². The van der Waals surface area contributed by atoms with E-state index in [1.807, 2.05) is 0 Å². The number of rotatable bonds is 2. The van der Waals surface area contributed by atoms with Crippen LogP contribution in [0.15, 0.2) is 0 Å². The van der Waals surface area contributed by atoms with Gasteiger partial charge in [0.25, 0.3) is 0 Å². The molecule has 0 spiro atoms. The first kappa shape index (κ1) is 4.59. The van der Waals surface area contributed by atoms with Gasteiger partial charge in [0, 0.05) is 6.42 Å². The van der Waals surface area contributed by atoms with Crippen molar-refractivity contribution in [3.8, 4) is 0 Å². The molecule has 0 aliphatic carbocycles. The van der Waals surface area contributed by atoms with Gasteiger partial charge in [-0.05, 0) is 0 Å². The summed E-state index contributed by atoms with van der Waals surface area (Å²) in [5, 5.41) is 2.48. The van der Waals surface area contributed by atoms with Gasteiger partial charge >= 0.3 is 0 Å². The Hall–Kier alpha value is -0.570. The van der Waals surface area contributed by atoms with E-state index in [4.69, 9.17) is 4.74 Å². The molecule has 0 radical (unpaired) electrons. The molecule has 7 heavy (non-hydrogen) atoms. The zero-order valence-corrected chi connectivity index (χ0v) is 3.89. The second-order valence-corrected chi connectivity index (χ2v) is 1.43. The van der Waals surface area contributed by atoms with E-state index < -0.39 is 0 Å². The lowest BCUT2D eigenvalue weighted by Gasteiger charge is -2.24. The maximum Gasteiger partial charge on any atom is 0.209 e. The van der Waals surface area contributed by atoms with Crippen molar-refractivity contribution in [2.45, 2.75) is 12.6 Å². The minimum atomic E-state index is 0.0116. The molecule has 1 amide bonds. The van der Waals surface area contributed by atoms with Crippen molar-refractivity contribution in [1.29, 1.82) is 0 Å². The third-order valence-electron chi connectivity index (χ3n) is 0.953. The van der Waals surface area contributed by atoms with Crippen molar-refractivity contribution < 1.29 is 9.53 Å². The molecule has 0 bridgehead atoms. The van der Waals surface area contributed by atoms with Gasteiger partial charge in [-0.2, -0.15) is 0 Å². The minimum absolute atomic E-state index is 0.0116. The standard InChI is InChI=1S/C4H7NO2/c6-3-5-4-1-2-7-4/h3-4H,1-2H2,(H,5,6). The Morgan fingerprint density at radius 3 is 2.71 bits per heavy atom. The van der Waals surface area contributed by atoms with Crippen LogP contribution in [0.2, 0.25) is 0 Å². The summed E-state index contributed by atoms with van der Waals surface area (Å²) >= 11 is 0. The van der Waals surface area contributed by atoms with Crippen LogP contribution in [0.25, 0.3) is 0 Å². The first-order valence-corrected chi connectivity index (χ1v) is 2.25. The summed E-state index contributed by atoms with van der Waals surface area (Å²) in [4.78, 5) is 9.62. The van der Waals surface area contributed by atoms with E-state index in [1.165, 1.54) is 0 Å². The highest BCUT2D eigenvalue weighted by Crippen LogP contribution is 2.04. The predicted octanol–water partition coefficient (Wildman–Crippen LogP) is -0.521. The van der Waals surface area contributed by atoms with E-state index in [0.717, 1.165) is 13.0 Å². The Morgan fingerprint density at radius 2 is 2.57 bits per heavy atom. The highest BCUT2D eigenvalue weighted by atomic mass is 16.5. The number of ether oxygens (including phenoxy) is 1. The van der Waals surface area contributed by atoms with Gasteiger partial charge in [-0.25, -0.2) is 0 Å². The fourth-order valence-electron chi connectivity index (χ4n) is 0.443. The fourth-order valence-corrected chi connectivity index (χ4v) is 0.443. The summed E-state index contributed by atoms with van der Waals surface area (Å²) < 4.78 is 4.83. The number of nitrogens with one attached hydrogen (secondary N) is 1. The minimum Gasteiger partial charge on any atom is -0.358 e. The monoisotopic (exact) mass is 101 g/mol. The molecule has 1 fully saturated rings. The molecular weight excluding hydrogens is 94.0 g/mol. The SMILES string of the molecule is O=CNC1CCO1. The van der Waals surface area contributed by atoms with Gasteiger partial charge in [0.05, 0.1) is 6.61 Å². The molecule has 40 valence electrons. The van der Waals surface area contributed by atoms with E-state index in [0.29, 0.717) is 6.41 Å². The second-order valence-electron chi connectivity index (χ2n) is 1.43. The first-order valence-electron chi connectivity index (χ1n) is 2.25. The van der Waals surface area contributed by atoms with Crippen molar-refractivity contribution >= 4 is 6.41 Å². The molecule has 0 saturated carbocycles. The van der Waals surface area contributed by atoms with Gasteiger partial charge in [0.1, 0.15) is 6.23 Å². The zero-order valence-electron chi connectivity index (χ0n) is 3.89. The van der Waals surface area contributed by atoms with Gasteiger partial charge in [0.15, 0.2) is 0 Å². The smallest absolute Gasteiger partial charge is 0.209 e. The molecule has 0 aromatic heterocycles. The van der Waals surface area contributed by atoms with E-state index in [-0.39, 0.29) is 6.23 Å². The van der Waals surface area contributed by atoms with Crippen molar-refractivity contribution in [2.24, 2.45) is 0 Å². The Labute approximate surface area is 41.7 Å². The molecule has 3 heteroatoms. The lowest BCUT2D eigenvalue weighted by atomic mass is 10.3. The molecule has 1 unspecified atom stereocenters. The van der Waals surface area contributed by atoms with Crippen molar-refractivity contribution in [2.75, 3.05) is 6.61 Å². The van der Waals surface area contributed by atoms with Crippen LogP contribution < -0.4 is 5.32 Å². The van der Waals surface area contributed by atoms with Gasteiger partial charge in [-0.15, -0.1) is 0 Å². The largest absolute Gasteiger partial charge is 0.358 e. The zero-order chi connectivity index (χ0) is 5.11. The number of carbonyl (C=O) groups excluding carboxylic acids is 1. The quantitative estimate of drug-likeness (QED) is 0.475. The topological polar surface area (TPSA) is 38.3 Å². The van der Waals surface area contributed by atoms with Crippen LogP contribution in [0.4, 0.5) is 0 Å². The molecule has 3 nitrogen and oxygen atoms in total. The highest BCUT2D eigenvalue weighted by Gasteiger charge is 2.15. The maximum atomic E-state index is 9.62. The molecule has 1 aliphatic heterocycles. The average Bonchev–Trinajstić information content (AvgIpc) is 1.55. The Bertz CT molecular complexity index is 70.1. The van der Waals surface area contributed by atoms with E-state index in [1.54, 1.807) is 0 Å². The molecule has 0 aromatic carbocycles. The van der Waals surface area contributed by atoms with E-state index in [2.05, 4.69) is 5.32 Å². The average molecular weight is 101 g/mol. The molecule has 1 N–H and O–H groups in total. The first-order chi connectivity index (χ1) is 3.43. The summed E-state index contributed by atoms with van der Waals surface area (Å²) in [7, 11) is 0. The van der Waals surface area contributed by atoms with Crippen molar-refractivity contribution in [3.63, 3.8) is 0 Å². The molecule has 1 rings (SSSR count). The third-order valence-corrected chi connectivity index (χ3v) is 0.953. The summed E-state index contributed by atoms with van der Waals surface area (Å²) in [6.45, 7) is 0.783. The lowest BCUT2D eigenvalue weighted by molar-refractivity contribution is -0.121. The molecule has 1 heterocycles. The third kappa shape index (κ3) is 0.899. The number of hydrogen-bond acceptors (Lipinski definition) is 2. The second kappa shape index (κ2) is 1.93.